The largest absolute Gasteiger partial charge is 0.416 e. The molecule has 31 heavy (non-hydrogen) atoms. The van der Waals surface area contributed by atoms with E-state index in [1.165, 1.54) is 12.1 Å². The van der Waals surface area contributed by atoms with Crippen molar-refractivity contribution in [2.24, 2.45) is 23.7 Å². The van der Waals surface area contributed by atoms with Gasteiger partial charge in [-0.2, -0.15) is 13.2 Å². The third-order valence-corrected chi connectivity index (χ3v) is 8.10. The first kappa shape index (κ1) is 21.7. The minimum atomic E-state index is -4.30. The van der Waals surface area contributed by atoms with Crippen LogP contribution < -0.4 is 0 Å². The number of alkyl halides is 3. The van der Waals surface area contributed by atoms with E-state index in [1.807, 2.05) is 6.92 Å². The molecule has 4 nitrogen and oxygen atoms in total. The summed E-state index contributed by atoms with van der Waals surface area (Å²) in [4.78, 5) is 12.0. The Bertz CT molecular complexity index is 814. The maximum atomic E-state index is 13.0. The second kappa shape index (κ2) is 7.72. The Kier molecular flexibility index (Phi) is 5.40. The highest BCUT2D eigenvalue weighted by molar-refractivity contribution is 5.25. The van der Waals surface area contributed by atoms with Crippen LogP contribution in [0.25, 0.3) is 0 Å². The van der Waals surface area contributed by atoms with Crippen LogP contribution in [-0.2, 0) is 31.8 Å². The van der Waals surface area contributed by atoms with Crippen molar-refractivity contribution >= 4 is 0 Å². The standard InChI is InChI=1S/C24H31F3O4/c1-15-9-10-20-17(7-3-5-16-6-4-8-18(13-16)24(25,26)27)14-28-21-23(20)19(15)11-12-22(2,29-21)30-31-23/h4,6,8,13,15,17,19-21H,3,5,7,9-12,14H2,1-2H3/t15-,17+,19+,20+,21-,22+,23-/m1/s1. The molecule has 1 aromatic carbocycles. The number of benzene rings is 1. The summed E-state index contributed by atoms with van der Waals surface area (Å²) >= 11 is 0. The van der Waals surface area contributed by atoms with Gasteiger partial charge in [0.2, 0.25) is 5.79 Å². The first-order valence-corrected chi connectivity index (χ1v) is 11.5. The molecule has 5 aliphatic rings. The Balaban J connectivity index is 1.30. The minimum absolute atomic E-state index is 0.275. The van der Waals surface area contributed by atoms with Crippen molar-refractivity contribution in [2.45, 2.75) is 82.6 Å². The van der Waals surface area contributed by atoms with Crippen LogP contribution in [-0.4, -0.2) is 24.3 Å². The quantitative estimate of drug-likeness (QED) is 0.547. The van der Waals surface area contributed by atoms with Crippen molar-refractivity contribution in [2.75, 3.05) is 6.61 Å². The molecule has 0 amide bonds. The van der Waals surface area contributed by atoms with Crippen LogP contribution >= 0.6 is 0 Å². The van der Waals surface area contributed by atoms with Crippen LogP contribution in [0, 0.1) is 23.7 Å². The summed E-state index contributed by atoms with van der Waals surface area (Å²) in [6, 6.07) is 5.66. The molecule has 6 rings (SSSR count). The zero-order valence-corrected chi connectivity index (χ0v) is 18.1. The Hall–Kier alpha value is -1.15. The molecule has 0 aromatic heterocycles. The lowest BCUT2D eigenvalue weighted by Crippen LogP contribution is -2.69. The average Bonchev–Trinajstić information content (AvgIpc) is 2.96. The Labute approximate surface area is 181 Å². The number of hydrogen-bond acceptors (Lipinski definition) is 4. The first-order chi connectivity index (χ1) is 14.7. The molecule has 0 N–H and O–H groups in total. The molecule has 172 valence electrons. The Morgan fingerprint density at radius 3 is 2.74 bits per heavy atom. The molecule has 1 aromatic rings. The van der Waals surface area contributed by atoms with Gasteiger partial charge in [0, 0.05) is 12.3 Å². The highest BCUT2D eigenvalue weighted by Gasteiger charge is 2.68. The first-order valence-electron chi connectivity index (χ1n) is 11.5. The van der Waals surface area contributed by atoms with Gasteiger partial charge in [-0.1, -0.05) is 25.1 Å². The lowest BCUT2D eigenvalue weighted by atomic mass is 9.57. The summed E-state index contributed by atoms with van der Waals surface area (Å²) in [6.07, 6.45) is 1.57. The maximum Gasteiger partial charge on any atom is 0.416 e. The average molecular weight is 441 g/mol. The second-order valence-electron chi connectivity index (χ2n) is 10.1. The van der Waals surface area contributed by atoms with E-state index in [2.05, 4.69) is 6.92 Å². The van der Waals surface area contributed by atoms with Crippen molar-refractivity contribution < 1.29 is 32.4 Å². The molecule has 0 radical (unpaired) electrons. The molecule has 4 heterocycles. The van der Waals surface area contributed by atoms with Gasteiger partial charge in [-0.15, -0.1) is 0 Å². The highest BCUT2D eigenvalue weighted by Crippen LogP contribution is 2.60. The molecular weight excluding hydrogens is 409 g/mol. The molecule has 7 atom stereocenters. The summed E-state index contributed by atoms with van der Waals surface area (Å²) in [5.41, 5.74) is -0.431. The van der Waals surface area contributed by atoms with Crippen LogP contribution in [0.4, 0.5) is 13.2 Å². The topological polar surface area (TPSA) is 36.9 Å². The summed E-state index contributed by atoms with van der Waals surface area (Å²) in [5.74, 6) is 0.641. The zero-order valence-electron chi connectivity index (χ0n) is 18.1. The van der Waals surface area contributed by atoms with E-state index in [-0.39, 0.29) is 11.8 Å². The van der Waals surface area contributed by atoms with Gasteiger partial charge in [-0.25, -0.2) is 9.78 Å². The van der Waals surface area contributed by atoms with Gasteiger partial charge in [-0.3, -0.25) is 0 Å². The van der Waals surface area contributed by atoms with E-state index in [0.717, 1.165) is 50.2 Å². The second-order valence-corrected chi connectivity index (χ2v) is 10.1. The molecule has 1 aliphatic carbocycles. The molecule has 1 spiro atoms. The maximum absolute atomic E-state index is 13.0. The van der Waals surface area contributed by atoms with E-state index in [9.17, 15) is 13.2 Å². The summed E-state index contributed by atoms with van der Waals surface area (Å²) < 4.78 is 51.5. The molecule has 1 saturated carbocycles. The van der Waals surface area contributed by atoms with Gasteiger partial charge in [0.25, 0.3) is 0 Å². The molecule has 7 heteroatoms. The number of rotatable bonds is 4. The SMILES string of the molecule is C[C@@H]1CC[C@H]2[C@@H](CCCc3cccc(C(F)(F)F)c3)CO[C@@H]3O[C@]4(C)CC[C@@H]1[C@]32OO4. The predicted octanol–water partition coefficient (Wildman–Crippen LogP) is 5.89. The van der Waals surface area contributed by atoms with Gasteiger partial charge in [0.1, 0.15) is 0 Å². The van der Waals surface area contributed by atoms with Crippen LogP contribution in [0.5, 0.6) is 0 Å². The third-order valence-electron chi connectivity index (χ3n) is 8.10. The Morgan fingerprint density at radius 2 is 1.94 bits per heavy atom. The van der Waals surface area contributed by atoms with Gasteiger partial charge in [0.15, 0.2) is 11.9 Å². The van der Waals surface area contributed by atoms with E-state index in [4.69, 9.17) is 19.2 Å². The van der Waals surface area contributed by atoms with Crippen LogP contribution in [0.3, 0.4) is 0 Å². The van der Waals surface area contributed by atoms with E-state index in [1.54, 1.807) is 6.07 Å². The van der Waals surface area contributed by atoms with Crippen LogP contribution in [0.1, 0.15) is 63.5 Å². The van der Waals surface area contributed by atoms with Crippen molar-refractivity contribution in [3.05, 3.63) is 35.4 Å². The zero-order chi connectivity index (χ0) is 21.9. The number of fused-ring (bicyclic) bond motifs is 2. The molecule has 5 fully saturated rings. The lowest BCUT2D eigenvalue weighted by molar-refractivity contribution is -0.567. The monoisotopic (exact) mass is 440 g/mol. The van der Waals surface area contributed by atoms with Crippen LogP contribution in [0.15, 0.2) is 24.3 Å². The van der Waals surface area contributed by atoms with Gasteiger partial charge < -0.3 is 9.47 Å². The van der Waals surface area contributed by atoms with Crippen molar-refractivity contribution in [1.82, 2.24) is 0 Å². The molecule has 0 unspecified atom stereocenters. The minimum Gasteiger partial charge on any atom is -0.349 e. The van der Waals surface area contributed by atoms with Gasteiger partial charge >= 0.3 is 6.18 Å². The molecular formula is C24H31F3O4. The fourth-order valence-electron chi connectivity index (χ4n) is 6.48. The predicted molar refractivity (Wildman–Crippen MR) is 107 cm³/mol. The van der Waals surface area contributed by atoms with Gasteiger partial charge in [0.05, 0.1) is 12.2 Å². The lowest BCUT2D eigenvalue weighted by Gasteiger charge is -2.59. The molecule has 4 aliphatic heterocycles. The smallest absolute Gasteiger partial charge is 0.349 e. The van der Waals surface area contributed by atoms with Crippen molar-refractivity contribution in [1.29, 1.82) is 0 Å². The van der Waals surface area contributed by atoms with Crippen LogP contribution in [0.2, 0.25) is 0 Å². The number of aryl methyl sites for hydroxylation is 1. The van der Waals surface area contributed by atoms with Gasteiger partial charge in [-0.05, 0) is 74.8 Å². The number of ether oxygens (including phenoxy) is 2. The Morgan fingerprint density at radius 1 is 1.10 bits per heavy atom. The normalized spacial score (nSPS) is 42.2. The molecule has 2 bridgehead atoms. The number of halogens is 3. The van der Waals surface area contributed by atoms with Crippen molar-refractivity contribution in [3.8, 4) is 0 Å². The summed E-state index contributed by atoms with van der Waals surface area (Å²) in [5, 5.41) is 0. The van der Waals surface area contributed by atoms with E-state index < -0.39 is 29.4 Å². The third kappa shape index (κ3) is 3.71. The van der Waals surface area contributed by atoms with E-state index in [0.29, 0.717) is 24.9 Å². The molecule has 4 saturated heterocycles. The van der Waals surface area contributed by atoms with E-state index >= 15 is 0 Å². The number of hydrogen-bond donors (Lipinski definition) is 0. The fraction of sp³-hybridized carbons (Fsp3) is 0.750. The summed E-state index contributed by atoms with van der Waals surface area (Å²) in [6.45, 7) is 4.80. The fourth-order valence-corrected chi connectivity index (χ4v) is 6.48. The van der Waals surface area contributed by atoms with Crippen molar-refractivity contribution in [3.63, 3.8) is 0 Å². The summed E-state index contributed by atoms with van der Waals surface area (Å²) in [7, 11) is 0. The highest BCUT2D eigenvalue weighted by atomic mass is 19.4.